The SMILES string of the molecule is CC(c1ccc(-n2cncn2)cc1)N(C)C(=O)c1ccc(CNC(N)=O)cc1. The Morgan fingerprint density at radius 1 is 1.14 bits per heavy atom. The van der Waals surface area contributed by atoms with Gasteiger partial charge in [0.05, 0.1) is 11.7 Å². The summed E-state index contributed by atoms with van der Waals surface area (Å²) in [6.45, 7) is 2.31. The van der Waals surface area contributed by atoms with E-state index in [0.29, 0.717) is 12.1 Å². The molecule has 0 saturated heterocycles. The van der Waals surface area contributed by atoms with Crippen LogP contribution in [0.25, 0.3) is 5.69 Å². The average Bonchev–Trinajstić information content (AvgIpc) is 3.26. The van der Waals surface area contributed by atoms with Gasteiger partial charge in [0.1, 0.15) is 12.7 Å². The molecule has 0 saturated carbocycles. The molecule has 144 valence electrons. The van der Waals surface area contributed by atoms with E-state index in [1.807, 2.05) is 31.2 Å². The fourth-order valence-corrected chi connectivity index (χ4v) is 2.80. The molecule has 0 spiro atoms. The Bertz CT molecular complexity index is 936. The predicted molar refractivity (Wildman–Crippen MR) is 105 cm³/mol. The lowest BCUT2D eigenvalue weighted by atomic mass is 10.0. The minimum atomic E-state index is -0.580. The summed E-state index contributed by atoms with van der Waals surface area (Å²) in [7, 11) is 1.78. The third-order valence-electron chi connectivity index (χ3n) is 4.63. The molecule has 0 bridgehead atoms. The number of amides is 3. The minimum Gasteiger partial charge on any atom is -0.352 e. The Hall–Kier alpha value is -3.68. The molecule has 0 aliphatic rings. The van der Waals surface area contributed by atoms with Gasteiger partial charge in [-0.1, -0.05) is 24.3 Å². The molecular weight excluding hydrogens is 356 g/mol. The van der Waals surface area contributed by atoms with Crippen LogP contribution in [0, 0.1) is 0 Å². The Kier molecular flexibility index (Phi) is 5.69. The molecule has 2 aromatic carbocycles. The van der Waals surface area contributed by atoms with E-state index in [1.165, 1.54) is 6.33 Å². The van der Waals surface area contributed by atoms with Crippen LogP contribution in [0.5, 0.6) is 0 Å². The van der Waals surface area contributed by atoms with Crippen LogP contribution in [0.2, 0.25) is 0 Å². The van der Waals surface area contributed by atoms with Gasteiger partial charge < -0.3 is 16.0 Å². The van der Waals surface area contributed by atoms with Crippen molar-refractivity contribution in [1.29, 1.82) is 0 Å². The van der Waals surface area contributed by atoms with Crippen LogP contribution in [-0.4, -0.2) is 38.7 Å². The lowest BCUT2D eigenvalue weighted by Gasteiger charge is -2.25. The van der Waals surface area contributed by atoms with Crippen molar-refractivity contribution in [2.45, 2.75) is 19.5 Å². The second-order valence-corrected chi connectivity index (χ2v) is 6.44. The molecular formula is C20H22N6O2. The van der Waals surface area contributed by atoms with E-state index in [1.54, 1.807) is 47.2 Å². The largest absolute Gasteiger partial charge is 0.352 e. The maximum absolute atomic E-state index is 12.8. The Balaban J connectivity index is 1.67. The minimum absolute atomic E-state index is 0.0812. The highest BCUT2D eigenvalue weighted by atomic mass is 16.2. The first-order chi connectivity index (χ1) is 13.5. The van der Waals surface area contributed by atoms with Crippen LogP contribution in [0.4, 0.5) is 4.79 Å². The Labute approximate surface area is 163 Å². The fourth-order valence-electron chi connectivity index (χ4n) is 2.80. The summed E-state index contributed by atoms with van der Waals surface area (Å²) >= 11 is 0. The van der Waals surface area contributed by atoms with Gasteiger partial charge in [-0.15, -0.1) is 0 Å². The van der Waals surface area contributed by atoms with Gasteiger partial charge >= 0.3 is 6.03 Å². The van der Waals surface area contributed by atoms with E-state index < -0.39 is 6.03 Å². The fraction of sp³-hybridized carbons (Fsp3) is 0.200. The van der Waals surface area contributed by atoms with Crippen LogP contribution in [0.1, 0.15) is 34.5 Å². The Morgan fingerprint density at radius 2 is 1.82 bits per heavy atom. The molecule has 3 N–H and O–H groups in total. The van der Waals surface area contributed by atoms with E-state index in [4.69, 9.17) is 5.73 Å². The predicted octanol–water partition coefficient (Wildman–Crippen LogP) is 2.27. The molecule has 8 heteroatoms. The van der Waals surface area contributed by atoms with E-state index in [9.17, 15) is 9.59 Å². The van der Waals surface area contributed by atoms with Crippen LogP contribution in [0.15, 0.2) is 61.2 Å². The summed E-state index contributed by atoms with van der Waals surface area (Å²) < 4.78 is 1.68. The summed E-state index contributed by atoms with van der Waals surface area (Å²) in [5.74, 6) is -0.0812. The van der Waals surface area contributed by atoms with Crippen molar-refractivity contribution < 1.29 is 9.59 Å². The summed E-state index contributed by atoms with van der Waals surface area (Å²) in [4.78, 5) is 29.2. The number of hydrogen-bond donors (Lipinski definition) is 2. The zero-order valence-corrected chi connectivity index (χ0v) is 15.7. The zero-order chi connectivity index (χ0) is 20.1. The molecule has 28 heavy (non-hydrogen) atoms. The number of carbonyl (C=O) groups is 2. The molecule has 0 aliphatic heterocycles. The lowest BCUT2D eigenvalue weighted by molar-refractivity contribution is 0.0742. The van der Waals surface area contributed by atoms with E-state index in [0.717, 1.165) is 16.8 Å². The Morgan fingerprint density at radius 3 is 2.39 bits per heavy atom. The molecule has 1 atom stereocenters. The topological polar surface area (TPSA) is 106 Å². The molecule has 3 amide bonds. The molecule has 0 fully saturated rings. The number of hydrogen-bond acceptors (Lipinski definition) is 4. The van der Waals surface area contributed by atoms with Gasteiger partial charge in [-0.05, 0) is 42.3 Å². The summed E-state index contributed by atoms with van der Waals surface area (Å²) in [6.07, 6.45) is 3.12. The maximum atomic E-state index is 12.8. The zero-order valence-electron chi connectivity index (χ0n) is 15.7. The van der Waals surface area contributed by atoms with E-state index >= 15 is 0 Å². The number of nitrogens with zero attached hydrogens (tertiary/aromatic N) is 4. The number of nitrogens with two attached hydrogens (primary N) is 1. The molecule has 3 aromatic rings. The monoisotopic (exact) mass is 378 g/mol. The lowest BCUT2D eigenvalue weighted by Crippen LogP contribution is -2.30. The van der Waals surface area contributed by atoms with Crippen molar-refractivity contribution in [1.82, 2.24) is 25.0 Å². The molecule has 1 aromatic heterocycles. The average molecular weight is 378 g/mol. The van der Waals surface area contributed by atoms with Gasteiger partial charge in [-0.2, -0.15) is 5.10 Å². The van der Waals surface area contributed by atoms with E-state index in [2.05, 4.69) is 15.4 Å². The standard InChI is InChI=1S/C20H22N6O2/c1-14(16-7-9-18(10-8-16)26-13-22-12-24-26)25(2)19(27)17-5-3-15(4-6-17)11-23-20(21)28/h3-10,12-14H,11H2,1-2H3,(H3,21,23,28). The third-order valence-corrected chi connectivity index (χ3v) is 4.63. The summed E-state index contributed by atoms with van der Waals surface area (Å²) in [5.41, 5.74) is 8.44. The van der Waals surface area contributed by atoms with Crippen molar-refractivity contribution in [3.63, 3.8) is 0 Å². The number of benzene rings is 2. The summed E-state index contributed by atoms with van der Waals surface area (Å²) in [6, 6.07) is 14.3. The van der Waals surface area contributed by atoms with Gasteiger partial charge in [-0.25, -0.2) is 14.5 Å². The quantitative estimate of drug-likeness (QED) is 0.686. The van der Waals surface area contributed by atoms with Crippen molar-refractivity contribution in [2.24, 2.45) is 5.73 Å². The number of carbonyl (C=O) groups excluding carboxylic acids is 2. The second-order valence-electron chi connectivity index (χ2n) is 6.44. The van der Waals surface area contributed by atoms with Gasteiger partial charge in [0, 0.05) is 19.2 Å². The molecule has 8 nitrogen and oxygen atoms in total. The number of nitrogens with one attached hydrogen (secondary N) is 1. The highest BCUT2D eigenvalue weighted by molar-refractivity contribution is 5.94. The highest BCUT2D eigenvalue weighted by Gasteiger charge is 2.19. The van der Waals surface area contributed by atoms with Crippen LogP contribution < -0.4 is 11.1 Å². The first-order valence-corrected chi connectivity index (χ1v) is 8.80. The number of primary amides is 1. The highest BCUT2D eigenvalue weighted by Crippen LogP contribution is 2.22. The molecule has 3 rings (SSSR count). The molecule has 0 radical (unpaired) electrons. The smallest absolute Gasteiger partial charge is 0.312 e. The third kappa shape index (κ3) is 4.35. The van der Waals surface area contributed by atoms with Gasteiger partial charge in [0.15, 0.2) is 0 Å². The van der Waals surface area contributed by atoms with Gasteiger partial charge in [-0.3, -0.25) is 4.79 Å². The van der Waals surface area contributed by atoms with Crippen molar-refractivity contribution in [2.75, 3.05) is 7.05 Å². The van der Waals surface area contributed by atoms with Crippen LogP contribution in [0.3, 0.4) is 0 Å². The van der Waals surface area contributed by atoms with Crippen molar-refractivity contribution >= 4 is 11.9 Å². The molecule has 0 aliphatic carbocycles. The first kappa shape index (κ1) is 19.1. The second kappa shape index (κ2) is 8.34. The number of urea groups is 1. The van der Waals surface area contributed by atoms with Crippen molar-refractivity contribution in [3.8, 4) is 5.69 Å². The van der Waals surface area contributed by atoms with Crippen LogP contribution >= 0.6 is 0 Å². The molecule has 1 heterocycles. The maximum Gasteiger partial charge on any atom is 0.312 e. The van der Waals surface area contributed by atoms with Crippen molar-refractivity contribution in [3.05, 3.63) is 77.9 Å². The van der Waals surface area contributed by atoms with Gasteiger partial charge in [0.2, 0.25) is 0 Å². The number of rotatable bonds is 6. The summed E-state index contributed by atoms with van der Waals surface area (Å²) in [5, 5.41) is 6.63. The number of aromatic nitrogens is 3. The molecule has 1 unspecified atom stereocenters. The first-order valence-electron chi connectivity index (χ1n) is 8.80. The normalized spacial score (nSPS) is 11.6. The van der Waals surface area contributed by atoms with Gasteiger partial charge in [0.25, 0.3) is 5.91 Å². The van der Waals surface area contributed by atoms with E-state index in [-0.39, 0.29) is 11.9 Å². The van der Waals surface area contributed by atoms with Crippen LogP contribution in [-0.2, 0) is 6.54 Å².